The molecule has 2 aromatic carbocycles. The molecule has 2 saturated carbocycles. The van der Waals surface area contributed by atoms with E-state index in [1.165, 1.54) is 22.3 Å². The molecular formula is C41H44FN5O7S2. The molecule has 3 fully saturated rings. The molecule has 3 N–H and O–H groups in total. The Labute approximate surface area is 328 Å². The number of aryl methyl sites for hydroxylation is 1. The molecule has 4 heterocycles. The highest BCUT2D eigenvalue weighted by atomic mass is 32.2. The number of thiophene rings is 1. The molecule has 2 aliphatic carbocycles. The van der Waals surface area contributed by atoms with E-state index < -0.39 is 73.9 Å². The number of benzene rings is 2. The van der Waals surface area contributed by atoms with Crippen molar-refractivity contribution >= 4 is 66.7 Å². The zero-order valence-electron chi connectivity index (χ0n) is 31.2. The lowest BCUT2D eigenvalue weighted by Crippen LogP contribution is -2.58. The van der Waals surface area contributed by atoms with E-state index in [1.807, 2.05) is 43.3 Å². The summed E-state index contributed by atoms with van der Waals surface area (Å²) in [5.74, 6) is -3.38. The van der Waals surface area contributed by atoms with Crippen molar-refractivity contribution in [1.82, 2.24) is 25.2 Å². The van der Waals surface area contributed by atoms with E-state index >= 15 is 4.39 Å². The second-order valence-electron chi connectivity index (χ2n) is 15.7. The number of amides is 4. The monoisotopic (exact) mass is 801 g/mol. The molecule has 0 spiro atoms. The second-order valence-corrected chi connectivity index (χ2v) is 19.2. The minimum atomic E-state index is -4.01. The number of hydrogen-bond acceptors (Lipinski definition) is 9. The Morgan fingerprint density at radius 3 is 2.59 bits per heavy atom. The fourth-order valence-electron chi connectivity index (χ4n) is 7.91. The van der Waals surface area contributed by atoms with Gasteiger partial charge in [-0.1, -0.05) is 55.3 Å². The number of allylic oxidation sites excluding steroid dienone is 1. The first-order valence-corrected chi connectivity index (χ1v) is 21.5. The Morgan fingerprint density at radius 1 is 1.04 bits per heavy atom. The van der Waals surface area contributed by atoms with E-state index in [0.29, 0.717) is 47.9 Å². The molecule has 2 aliphatic heterocycles. The molecule has 15 heteroatoms. The van der Waals surface area contributed by atoms with E-state index in [0.717, 1.165) is 23.1 Å². The first kappa shape index (κ1) is 38.0. The van der Waals surface area contributed by atoms with Crippen LogP contribution in [0.4, 0.5) is 4.39 Å². The van der Waals surface area contributed by atoms with Crippen molar-refractivity contribution in [2.75, 3.05) is 6.54 Å². The topological polar surface area (TPSA) is 164 Å². The highest BCUT2D eigenvalue weighted by molar-refractivity contribution is 7.91. The molecule has 0 unspecified atom stereocenters. The van der Waals surface area contributed by atoms with Gasteiger partial charge in [-0.15, -0.1) is 11.3 Å². The zero-order chi connectivity index (χ0) is 39.4. The van der Waals surface area contributed by atoms with Crippen LogP contribution in [0.25, 0.3) is 21.7 Å². The number of halogens is 1. The molecule has 12 nitrogen and oxygen atoms in total. The number of carbonyl (C=O) groups is 4. The predicted octanol–water partition coefficient (Wildman–Crippen LogP) is 5.44. The second kappa shape index (κ2) is 14.6. The lowest BCUT2D eigenvalue weighted by atomic mass is 10.0. The molecule has 5 atom stereocenters. The lowest BCUT2D eigenvalue weighted by molar-refractivity contribution is -0.141. The van der Waals surface area contributed by atoms with Crippen LogP contribution in [0.2, 0.25) is 0 Å². The van der Waals surface area contributed by atoms with Crippen LogP contribution in [-0.4, -0.2) is 76.9 Å². The van der Waals surface area contributed by atoms with Gasteiger partial charge in [0.1, 0.15) is 29.5 Å². The molecular weight excluding hydrogens is 758 g/mol. The third-order valence-electron chi connectivity index (χ3n) is 11.7. The quantitative estimate of drug-likeness (QED) is 0.165. The largest absolute Gasteiger partial charge is 0.472 e. The Morgan fingerprint density at radius 2 is 1.82 bits per heavy atom. The summed E-state index contributed by atoms with van der Waals surface area (Å²) in [6.45, 7) is 3.37. The Hall–Kier alpha value is -4.89. The molecule has 0 bridgehead atoms. The standard InChI is InChI=1S/C41H44FN5O7S2/c1-24-17-18-33(55-24)36(49)43-31-16-7-5-3-4-6-11-25-22-41(25,39(51)46-56(52,53)40(2)19-20-40)45-35(48)32-21-26(23-47(32)38(31)50)54-37-34-28(13-10-14-29(34)42)27-12-8-9-15-30(27)44-37/h6,8-15,17-18,25-26,31-32H,3-5,7,16,19-23H2,1-2H3,(H,43,49)(H,45,48)(H,46,51)/b11-6-/t25-,26-,31+,32+,41-/m1/s1. The molecule has 4 aliphatic rings. The number of aromatic nitrogens is 1. The molecule has 4 aromatic rings. The van der Waals surface area contributed by atoms with Gasteiger partial charge in [-0.2, -0.15) is 0 Å². The summed E-state index contributed by atoms with van der Waals surface area (Å²) in [7, 11) is -4.01. The molecule has 0 radical (unpaired) electrons. The van der Waals surface area contributed by atoms with E-state index in [1.54, 1.807) is 31.2 Å². The van der Waals surface area contributed by atoms with Crippen LogP contribution in [0.3, 0.4) is 0 Å². The van der Waals surface area contributed by atoms with Gasteiger partial charge < -0.3 is 20.3 Å². The van der Waals surface area contributed by atoms with Crippen LogP contribution < -0.4 is 20.1 Å². The summed E-state index contributed by atoms with van der Waals surface area (Å²) in [6.07, 6.45) is 7.12. The van der Waals surface area contributed by atoms with E-state index in [-0.39, 0.29) is 30.7 Å². The third kappa shape index (κ3) is 7.15. The average Bonchev–Trinajstić information content (AvgIpc) is 3.97. The lowest BCUT2D eigenvalue weighted by Gasteiger charge is -2.30. The van der Waals surface area contributed by atoms with E-state index in [4.69, 9.17) is 4.74 Å². The fraction of sp³-hybridized carbons (Fsp3) is 0.439. The molecule has 4 amide bonds. The maximum Gasteiger partial charge on any atom is 0.262 e. The Balaban J connectivity index is 1.14. The predicted molar refractivity (Wildman–Crippen MR) is 210 cm³/mol. The van der Waals surface area contributed by atoms with Gasteiger partial charge in [0.25, 0.3) is 11.8 Å². The van der Waals surface area contributed by atoms with Crippen molar-refractivity contribution in [3.63, 3.8) is 0 Å². The van der Waals surface area contributed by atoms with Crippen molar-refractivity contribution in [3.05, 3.63) is 82.3 Å². The van der Waals surface area contributed by atoms with Crippen molar-refractivity contribution in [1.29, 1.82) is 0 Å². The first-order chi connectivity index (χ1) is 26.8. The van der Waals surface area contributed by atoms with Crippen molar-refractivity contribution in [2.45, 2.75) is 100 Å². The molecule has 294 valence electrons. The highest BCUT2D eigenvalue weighted by Gasteiger charge is 2.63. The maximum atomic E-state index is 15.5. The number of sulfonamides is 1. The number of fused-ring (bicyclic) bond motifs is 5. The summed E-state index contributed by atoms with van der Waals surface area (Å²) in [6, 6.07) is 13.4. The van der Waals surface area contributed by atoms with Crippen LogP contribution in [0.15, 0.2) is 66.7 Å². The number of pyridine rings is 1. The van der Waals surface area contributed by atoms with Crippen LogP contribution in [0, 0.1) is 18.7 Å². The van der Waals surface area contributed by atoms with Crippen molar-refractivity contribution < 1.29 is 36.7 Å². The first-order valence-electron chi connectivity index (χ1n) is 19.2. The Kier molecular flexibility index (Phi) is 9.88. The van der Waals surface area contributed by atoms with Crippen molar-refractivity contribution in [3.8, 4) is 5.88 Å². The van der Waals surface area contributed by atoms with Gasteiger partial charge in [0, 0.05) is 22.6 Å². The zero-order valence-corrected chi connectivity index (χ0v) is 32.8. The number of para-hydroxylation sites is 1. The summed E-state index contributed by atoms with van der Waals surface area (Å²) in [4.78, 5) is 63.9. The van der Waals surface area contributed by atoms with Crippen molar-refractivity contribution in [2.24, 2.45) is 5.92 Å². The summed E-state index contributed by atoms with van der Waals surface area (Å²) >= 11 is 1.31. The molecule has 2 aromatic heterocycles. The van der Waals surface area contributed by atoms with Crippen LogP contribution in [0.5, 0.6) is 5.88 Å². The van der Waals surface area contributed by atoms with Gasteiger partial charge in [-0.25, -0.2) is 17.8 Å². The van der Waals surface area contributed by atoms with Gasteiger partial charge in [-0.3, -0.25) is 23.9 Å². The minimum absolute atomic E-state index is 0.0114. The number of nitrogens with one attached hydrogen (secondary N) is 3. The van der Waals surface area contributed by atoms with E-state index in [9.17, 15) is 27.6 Å². The smallest absolute Gasteiger partial charge is 0.262 e. The third-order valence-corrected chi connectivity index (χ3v) is 14.8. The van der Waals surface area contributed by atoms with Crippen LogP contribution in [0.1, 0.15) is 79.3 Å². The summed E-state index contributed by atoms with van der Waals surface area (Å²) < 4.78 is 49.5. The SMILES string of the molecule is Cc1ccc(C(=O)N[C@H]2CCCCC/C=C\[C@@H]3C[C@@]3(C(=O)NS(=O)(=O)C3(C)CC3)NC(=O)[C@@H]3C[C@@H](Oc4nc5ccccc5c5cccc(F)c45)CN3C2=O)s1. The van der Waals surface area contributed by atoms with E-state index in [2.05, 4.69) is 20.3 Å². The highest BCUT2D eigenvalue weighted by Crippen LogP contribution is 2.47. The number of nitrogens with zero attached hydrogens (tertiary/aromatic N) is 2. The number of hydrogen-bond donors (Lipinski definition) is 3. The molecule has 8 rings (SSSR count). The van der Waals surface area contributed by atoms with Crippen LogP contribution >= 0.6 is 11.3 Å². The Bertz CT molecular complexity index is 2400. The summed E-state index contributed by atoms with van der Waals surface area (Å²) in [5.41, 5.74) is -0.978. The number of rotatable bonds is 7. The average molecular weight is 802 g/mol. The fourth-order valence-corrected chi connectivity index (χ4v) is 9.99. The normalized spacial score (nSPS) is 26.9. The molecule has 56 heavy (non-hydrogen) atoms. The van der Waals surface area contributed by atoms with Crippen LogP contribution in [-0.2, 0) is 24.4 Å². The van der Waals surface area contributed by atoms with Gasteiger partial charge >= 0.3 is 0 Å². The maximum absolute atomic E-state index is 15.5. The molecule has 1 saturated heterocycles. The van der Waals surface area contributed by atoms with Gasteiger partial charge in [0.15, 0.2) is 0 Å². The minimum Gasteiger partial charge on any atom is -0.472 e. The number of carbonyl (C=O) groups excluding carboxylic acids is 4. The van der Waals surface area contributed by atoms with Gasteiger partial charge in [-0.05, 0) is 82.0 Å². The van der Waals surface area contributed by atoms with Gasteiger partial charge in [0.2, 0.25) is 27.7 Å². The van der Waals surface area contributed by atoms with Gasteiger partial charge in [0.05, 0.1) is 27.1 Å². The summed E-state index contributed by atoms with van der Waals surface area (Å²) in [5, 5.41) is 7.29. The number of ether oxygens (including phenoxy) is 1.